The number of ether oxygens (including phenoxy) is 1. The van der Waals surface area contributed by atoms with E-state index in [9.17, 15) is 4.79 Å². The van der Waals surface area contributed by atoms with Gasteiger partial charge in [0.2, 0.25) is 5.91 Å². The lowest BCUT2D eigenvalue weighted by Gasteiger charge is -2.21. The van der Waals surface area contributed by atoms with Crippen molar-refractivity contribution in [1.29, 1.82) is 0 Å². The number of hydrogen-bond acceptors (Lipinski definition) is 4. The molecule has 1 fully saturated rings. The summed E-state index contributed by atoms with van der Waals surface area (Å²) < 4.78 is 5.14. The molecule has 0 saturated carbocycles. The van der Waals surface area contributed by atoms with Gasteiger partial charge in [-0.05, 0) is 12.5 Å². The number of carbonyl (C=O) groups is 1. The number of rotatable bonds is 3. The number of aliphatic hydroxyl groups is 1. The van der Waals surface area contributed by atoms with Gasteiger partial charge in [-0.15, -0.1) is 0 Å². The number of nitrogens with one attached hydrogen (secondary N) is 1. The van der Waals surface area contributed by atoms with Crippen molar-refractivity contribution in [2.45, 2.75) is 18.6 Å². The van der Waals surface area contributed by atoms with Crippen molar-refractivity contribution in [3.8, 4) is 0 Å². The Bertz CT molecular complexity index is 414. The molecule has 0 spiro atoms. The van der Waals surface area contributed by atoms with E-state index in [0.29, 0.717) is 24.3 Å². The molecule has 0 aliphatic carbocycles. The van der Waals surface area contributed by atoms with Gasteiger partial charge in [0.05, 0.1) is 13.2 Å². The van der Waals surface area contributed by atoms with E-state index in [1.54, 1.807) is 24.3 Å². The van der Waals surface area contributed by atoms with Crippen molar-refractivity contribution >= 4 is 11.6 Å². The molecule has 0 aromatic heterocycles. The molecule has 0 bridgehead atoms. The van der Waals surface area contributed by atoms with Crippen molar-refractivity contribution in [3.05, 3.63) is 29.8 Å². The third kappa shape index (κ3) is 2.46. The van der Waals surface area contributed by atoms with Crippen LogP contribution in [0.25, 0.3) is 0 Å². The Labute approximate surface area is 99.6 Å². The Morgan fingerprint density at radius 2 is 2.29 bits per heavy atom. The summed E-state index contributed by atoms with van der Waals surface area (Å²) in [5, 5.41) is 11.9. The Balaban J connectivity index is 2.12. The smallest absolute Gasteiger partial charge is 0.246 e. The average Bonchev–Trinajstić information content (AvgIpc) is 2.78. The largest absolute Gasteiger partial charge is 0.392 e. The first-order valence-corrected chi connectivity index (χ1v) is 5.52. The predicted molar refractivity (Wildman–Crippen MR) is 63.3 cm³/mol. The second-order valence-electron chi connectivity index (χ2n) is 4.23. The summed E-state index contributed by atoms with van der Waals surface area (Å²) in [5.74, 6) is -0.268. The van der Waals surface area contributed by atoms with Gasteiger partial charge in [0.1, 0.15) is 5.54 Å². The Kier molecular flexibility index (Phi) is 3.42. The first kappa shape index (κ1) is 12.0. The van der Waals surface area contributed by atoms with Gasteiger partial charge in [0.15, 0.2) is 0 Å². The number of nitrogens with two attached hydrogens (primary N) is 1. The fourth-order valence-corrected chi connectivity index (χ4v) is 1.79. The fourth-order valence-electron chi connectivity index (χ4n) is 1.79. The van der Waals surface area contributed by atoms with E-state index in [-0.39, 0.29) is 19.1 Å². The van der Waals surface area contributed by atoms with Crippen LogP contribution in [0.15, 0.2) is 24.3 Å². The molecule has 1 saturated heterocycles. The number of aliphatic hydroxyl groups excluding tert-OH is 1. The molecular formula is C12H16N2O3. The second-order valence-corrected chi connectivity index (χ2v) is 4.23. The van der Waals surface area contributed by atoms with Crippen molar-refractivity contribution in [2.24, 2.45) is 5.73 Å². The minimum atomic E-state index is -0.956. The van der Waals surface area contributed by atoms with Crippen LogP contribution >= 0.6 is 0 Å². The minimum absolute atomic E-state index is 0.121. The summed E-state index contributed by atoms with van der Waals surface area (Å²) in [6, 6.07) is 7.09. The van der Waals surface area contributed by atoms with Crippen LogP contribution in [0.1, 0.15) is 12.0 Å². The normalized spacial score (nSPS) is 23.6. The third-order valence-corrected chi connectivity index (χ3v) is 2.94. The quantitative estimate of drug-likeness (QED) is 0.701. The first-order chi connectivity index (χ1) is 8.15. The molecule has 1 aliphatic rings. The number of carbonyl (C=O) groups excluding carboxylic acids is 1. The van der Waals surface area contributed by atoms with Gasteiger partial charge in [0.25, 0.3) is 0 Å². The summed E-state index contributed by atoms with van der Waals surface area (Å²) in [7, 11) is 0. The van der Waals surface area contributed by atoms with Crippen LogP contribution in [0, 0.1) is 0 Å². The van der Waals surface area contributed by atoms with Crippen LogP contribution < -0.4 is 11.1 Å². The number of benzene rings is 1. The Morgan fingerprint density at radius 1 is 1.53 bits per heavy atom. The van der Waals surface area contributed by atoms with Crippen molar-refractivity contribution < 1.29 is 14.6 Å². The van der Waals surface area contributed by atoms with Gasteiger partial charge in [-0.3, -0.25) is 4.79 Å². The lowest BCUT2D eigenvalue weighted by molar-refractivity contribution is -0.121. The molecule has 4 N–H and O–H groups in total. The van der Waals surface area contributed by atoms with Crippen molar-refractivity contribution in [1.82, 2.24) is 0 Å². The van der Waals surface area contributed by atoms with Crippen molar-refractivity contribution in [3.63, 3.8) is 0 Å². The highest BCUT2D eigenvalue weighted by molar-refractivity contribution is 5.98. The van der Waals surface area contributed by atoms with E-state index < -0.39 is 5.54 Å². The maximum atomic E-state index is 12.0. The monoisotopic (exact) mass is 236 g/mol. The SMILES string of the molecule is NC1(C(=O)Nc2ccccc2CO)CCOC1. The van der Waals surface area contributed by atoms with E-state index in [1.165, 1.54) is 0 Å². The van der Waals surface area contributed by atoms with Gasteiger partial charge in [0, 0.05) is 17.9 Å². The van der Waals surface area contributed by atoms with Gasteiger partial charge in [-0.1, -0.05) is 18.2 Å². The van der Waals surface area contributed by atoms with Gasteiger partial charge in [-0.2, -0.15) is 0 Å². The van der Waals surface area contributed by atoms with Crippen LogP contribution in [0.5, 0.6) is 0 Å². The molecule has 1 aromatic carbocycles. The zero-order valence-corrected chi connectivity index (χ0v) is 9.48. The Hall–Kier alpha value is -1.43. The molecule has 0 radical (unpaired) electrons. The van der Waals surface area contributed by atoms with E-state index in [4.69, 9.17) is 15.6 Å². The van der Waals surface area contributed by atoms with Crippen LogP contribution in [-0.4, -0.2) is 29.8 Å². The topological polar surface area (TPSA) is 84.6 Å². The van der Waals surface area contributed by atoms with Crippen LogP contribution in [0.2, 0.25) is 0 Å². The van der Waals surface area contributed by atoms with Gasteiger partial charge < -0.3 is 20.9 Å². The summed E-state index contributed by atoms with van der Waals surface area (Å²) in [6.45, 7) is 0.621. The number of para-hydroxylation sites is 1. The Morgan fingerprint density at radius 3 is 2.94 bits per heavy atom. The number of anilines is 1. The van der Waals surface area contributed by atoms with E-state index in [2.05, 4.69) is 5.32 Å². The maximum absolute atomic E-state index is 12.0. The van der Waals surface area contributed by atoms with Crippen LogP contribution in [0.4, 0.5) is 5.69 Å². The van der Waals surface area contributed by atoms with Gasteiger partial charge in [-0.25, -0.2) is 0 Å². The lowest BCUT2D eigenvalue weighted by Crippen LogP contribution is -2.51. The molecule has 92 valence electrons. The molecule has 5 heteroatoms. The predicted octanol–water partition coefficient (Wildman–Crippen LogP) is 0.235. The summed E-state index contributed by atoms with van der Waals surface area (Å²) in [6.07, 6.45) is 0.514. The number of hydrogen-bond donors (Lipinski definition) is 3. The fraction of sp³-hybridized carbons (Fsp3) is 0.417. The molecule has 1 heterocycles. The van der Waals surface area contributed by atoms with Crippen LogP contribution in [0.3, 0.4) is 0 Å². The molecule has 2 rings (SSSR count). The molecule has 1 atom stereocenters. The molecule has 17 heavy (non-hydrogen) atoms. The highest BCUT2D eigenvalue weighted by Crippen LogP contribution is 2.20. The first-order valence-electron chi connectivity index (χ1n) is 5.52. The molecule has 1 aliphatic heterocycles. The third-order valence-electron chi connectivity index (χ3n) is 2.94. The lowest BCUT2D eigenvalue weighted by atomic mass is 9.99. The molecule has 5 nitrogen and oxygen atoms in total. The molecular weight excluding hydrogens is 220 g/mol. The molecule has 1 amide bonds. The summed E-state index contributed by atoms with van der Waals surface area (Å²) >= 11 is 0. The summed E-state index contributed by atoms with van der Waals surface area (Å²) in [5.41, 5.74) is 6.25. The number of amides is 1. The second kappa shape index (κ2) is 4.83. The highest BCUT2D eigenvalue weighted by Gasteiger charge is 2.38. The summed E-state index contributed by atoms with van der Waals surface area (Å²) in [4.78, 5) is 12.0. The maximum Gasteiger partial charge on any atom is 0.246 e. The zero-order valence-electron chi connectivity index (χ0n) is 9.48. The van der Waals surface area contributed by atoms with Gasteiger partial charge >= 0.3 is 0 Å². The molecule has 1 unspecified atom stereocenters. The molecule has 1 aromatic rings. The van der Waals surface area contributed by atoms with Crippen LogP contribution in [-0.2, 0) is 16.1 Å². The standard InChI is InChI=1S/C12H16N2O3/c13-12(5-6-17-8-12)11(16)14-10-4-2-1-3-9(10)7-15/h1-4,15H,5-8,13H2,(H,14,16). The van der Waals surface area contributed by atoms with E-state index >= 15 is 0 Å². The highest BCUT2D eigenvalue weighted by atomic mass is 16.5. The van der Waals surface area contributed by atoms with E-state index in [1.807, 2.05) is 0 Å². The van der Waals surface area contributed by atoms with E-state index in [0.717, 1.165) is 0 Å². The van der Waals surface area contributed by atoms with Crippen molar-refractivity contribution in [2.75, 3.05) is 18.5 Å². The zero-order chi connectivity index (χ0) is 12.3. The average molecular weight is 236 g/mol. The minimum Gasteiger partial charge on any atom is -0.392 e.